The second-order valence-electron chi connectivity index (χ2n) is 3.95. The molecular formula is C10H14N4O3S. The number of nitrogen functional groups attached to an aromatic ring is 1. The number of ether oxygens (including phenoxy) is 1. The van der Waals surface area contributed by atoms with Gasteiger partial charge in [-0.3, -0.25) is 4.79 Å². The van der Waals surface area contributed by atoms with E-state index in [4.69, 9.17) is 5.73 Å². The van der Waals surface area contributed by atoms with E-state index >= 15 is 0 Å². The number of hydrogen-bond acceptors (Lipinski definition) is 7. The van der Waals surface area contributed by atoms with E-state index in [1.807, 2.05) is 0 Å². The number of hydrogen-bond donors (Lipinski definition) is 3. The number of amides is 1. The highest BCUT2D eigenvalue weighted by molar-refractivity contribution is 7.11. The lowest BCUT2D eigenvalue weighted by Crippen LogP contribution is -2.31. The Morgan fingerprint density at radius 2 is 2.50 bits per heavy atom. The van der Waals surface area contributed by atoms with E-state index in [0.29, 0.717) is 18.0 Å². The van der Waals surface area contributed by atoms with Crippen LogP contribution in [0, 0.1) is 0 Å². The van der Waals surface area contributed by atoms with E-state index in [9.17, 15) is 9.59 Å². The first kappa shape index (κ1) is 12.6. The third-order valence-electron chi connectivity index (χ3n) is 2.70. The molecular weight excluding hydrogens is 256 g/mol. The zero-order valence-corrected chi connectivity index (χ0v) is 10.7. The minimum Gasteiger partial charge on any atom is -0.465 e. The van der Waals surface area contributed by atoms with Gasteiger partial charge >= 0.3 is 5.97 Å². The van der Waals surface area contributed by atoms with Gasteiger partial charge in [0.1, 0.15) is 10.6 Å². The van der Waals surface area contributed by atoms with Crippen LogP contribution in [0.1, 0.15) is 23.2 Å². The number of aromatic nitrogens is 1. The van der Waals surface area contributed by atoms with Gasteiger partial charge in [0.25, 0.3) is 0 Å². The summed E-state index contributed by atoms with van der Waals surface area (Å²) < 4.78 is 8.56. The Morgan fingerprint density at radius 3 is 3.11 bits per heavy atom. The fourth-order valence-electron chi connectivity index (χ4n) is 1.77. The molecule has 0 spiro atoms. The molecule has 98 valence electrons. The first-order chi connectivity index (χ1) is 8.61. The highest BCUT2D eigenvalue weighted by Crippen LogP contribution is 2.27. The van der Waals surface area contributed by atoms with Crippen molar-refractivity contribution >= 4 is 34.2 Å². The smallest absolute Gasteiger partial charge is 0.344 e. The molecule has 0 saturated carbocycles. The molecule has 4 N–H and O–H groups in total. The molecule has 1 atom stereocenters. The molecule has 1 saturated heterocycles. The fraction of sp³-hybridized carbons (Fsp3) is 0.500. The summed E-state index contributed by atoms with van der Waals surface area (Å²) in [6.07, 6.45) is 1.33. The van der Waals surface area contributed by atoms with Crippen molar-refractivity contribution in [2.75, 3.05) is 24.7 Å². The molecule has 1 aromatic rings. The Morgan fingerprint density at radius 1 is 1.72 bits per heavy atom. The van der Waals surface area contributed by atoms with Crippen LogP contribution in [-0.4, -0.2) is 35.9 Å². The molecule has 1 aliphatic rings. The number of nitrogens with one attached hydrogen (secondary N) is 2. The molecule has 1 unspecified atom stereocenters. The second kappa shape index (κ2) is 5.21. The summed E-state index contributed by atoms with van der Waals surface area (Å²) in [5.41, 5.74) is 5.87. The topological polar surface area (TPSA) is 106 Å². The Balaban J connectivity index is 2.01. The van der Waals surface area contributed by atoms with Crippen molar-refractivity contribution in [3.05, 3.63) is 5.56 Å². The molecule has 2 heterocycles. The zero-order chi connectivity index (χ0) is 13.1. The second-order valence-corrected chi connectivity index (χ2v) is 4.72. The monoisotopic (exact) mass is 270 g/mol. The quantitative estimate of drug-likeness (QED) is 0.675. The van der Waals surface area contributed by atoms with Crippen molar-refractivity contribution in [1.29, 1.82) is 0 Å². The van der Waals surface area contributed by atoms with Gasteiger partial charge in [-0.1, -0.05) is 0 Å². The van der Waals surface area contributed by atoms with Crippen molar-refractivity contribution < 1.29 is 14.3 Å². The van der Waals surface area contributed by atoms with E-state index in [0.717, 1.165) is 18.0 Å². The van der Waals surface area contributed by atoms with Gasteiger partial charge in [-0.05, 0) is 18.0 Å². The molecule has 0 aliphatic carbocycles. The van der Waals surface area contributed by atoms with Gasteiger partial charge in [-0.25, -0.2) is 4.79 Å². The Kier molecular flexibility index (Phi) is 3.66. The summed E-state index contributed by atoms with van der Waals surface area (Å²) in [4.78, 5) is 22.6. The third-order valence-corrected chi connectivity index (χ3v) is 3.52. The van der Waals surface area contributed by atoms with Gasteiger partial charge in [0.2, 0.25) is 5.91 Å². The molecule has 7 nitrogen and oxygen atoms in total. The molecule has 1 fully saturated rings. The predicted octanol–water partition coefficient (Wildman–Crippen LogP) is 0.202. The Hall–Kier alpha value is -1.83. The highest BCUT2D eigenvalue weighted by Gasteiger charge is 2.23. The number of nitrogens with zero attached hydrogens (tertiary/aromatic N) is 1. The average molecular weight is 270 g/mol. The summed E-state index contributed by atoms with van der Waals surface area (Å²) in [6, 6.07) is 0.0753. The molecule has 1 amide bonds. The van der Waals surface area contributed by atoms with E-state index < -0.39 is 5.97 Å². The number of carbonyl (C=O) groups excluding carboxylic acids is 2. The summed E-state index contributed by atoms with van der Waals surface area (Å²) in [5, 5.41) is 6.47. The number of nitrogens with two attached hydrogens (primary N) is 1. The average Bonchev–Trinajstić information content (AvgIpc) is 2.92. The molecule has 18 heavy (non-hydrogen) atoms. The van der Waals surface area contributed by atoms with Crippen molar-refractivity contribution in [2.24, 2.45) is 0 Å². The van der Waals surface area contributed by atoms with Crippen molar-refractivity contribution in [3.63, 3.8) is 0 Å². The Labute approximate surface area is 108 Å². The van der Waals surface area contributed by atoms with Crippen LogP contribution in [0.4, 0.5) is 10.8 Å². The lowest BCUT2D eigenvalue weighted by molar-refractivity contribution is -0.119. The first-order valence-electron chi connectivity index (χ1n) is 5.48. The van der Waals surface area contributed by atoms with E-state index in [1.54, 1.807) is 0 Å². The fourth-order valence-corrected chi connectivity index (χ4v) is 2.48. The summed E-state index contributed by atoms with van der Waals surface area (Å²) in [5.74, 6) is -0.303. The van der Waals surface area contributed by atoms with Crippen molar-refractivity contribution in [1.82, 2.24) is 9.69 Å². The van der Waals surface area contributed by atoms with E-state index in [-0.39, 0.29) is 23.3 Å². The number of rotatable bonds is 4. The number of methoxy groups -OCH3 is 1. The van der Waals surface area contributed by atoms with Gasteiger partial charge in [-0.2, -0.15) is 4.37 Å². The molecule has 0 aromatic carbocycles. The maximum atomic E-state index is 11.5. The molecule has 0 bridgehead atoms. The van der Waals surface area contributed by atoms with E-state index in [2.05, 4.69) is 19.7 Å². The minimum absolute atomic E-state index is 0.0545. The molecule has 1 aliphatic heterocycles. The zero-order valence-electron chi connectivity index (χ0n) is 9.86. The van der Waals surface area contributed by atoms with Crippen LogP contribution in [0.25, 0.3) is 0 Å². The van der Waals surface area contributed by atoms with Crippen LogP contribution >= 0.6 is 11.5 Å². The molecule has 0 radical (unpaired) electrons. The van der Waals surface area contributed by atoms with Gasteiger partial charge in [-0.15, -0.1) is 0 Å². The van der Waals surface area contributed by atoms with Crippen LogP contribution in [0.5, 0.6) is 0 Å². The van der Waals surface area contributed by atoms with Crippen LogP contribution in [-0.2, 0) is 9.53 Å². The summed E-state index contributed by atoms with van der Waals surface area (Å²) in [6.45, 7) is 0.539. The van der Waals surface area contributed by atoms with E-state index in [1.165, 1.54) is 7.11 Å². The maximum Gasteiger partial charge on any atom is 0.344 e. The first-order valence-corrected chi connectivity index (χ1v) is 6.26. The van der Waals surface area contributed by atoms with Crippen LogP contribution in [0.2, 0.25) is 0 Å². The van der Waals surface area contributed by atoms with Gasteiger partial charge in [0, 0.05) is 19.0 Å². The summed E-state index contributed by atoms with van der Waals surface area (Å²) >= 11 is 1.10. The molecule has 1 aromatic heterocycles. The largest absolute Gasteiger partial charge is 0.465 e. The maximum absolute atomic E-state index is 11.5. The lowest BCUT2D eigenvalue weighted by atomic mass is 10.2. The van der Waals surface area contributed by atoms with Crippen LogP contribution in [0.3, 0.4) is 0 Å². The Bertz CT molecular complexity index is 474. The van der Waals surface area contributed by atoms with Gasteiger partial charge in [0.05, 0.1) is 7.11 Å². The molecule has 8 heteroatoms. The standard InChI is InChI=1S/C10H14N4O3S/c1-17-10(16)7-8(11)14-18-9(7)12-4-5-2-3-6(15)13-5/h5,12H,2-4H2,1H3,(H2,11,14)(H,13,15). The van der Waals surface area contributed by atoms with Crippen LogP contribution in [0.15, 0.2) is 0 Å². The van der Waals surface area contributed by atoms with Gasteiger partial charge in [0.15, 0.2) is 5.82 Å². The number of anilines is 2. The number of esters is 1. The third kappa shape index (κ3) is 2.53. The SMILES string of the molecule is COC(=O)c1c(N)nsc1NCC1CCC(=O)N1. The predicted molar refractivity (Wildman–Crippen MR) is 67.5 cm³/mol. The van der Waals surface area contributed by atoms with Gasteiger partial charge < -0.3 is 21.1 Å². The highest BCUT2D eigenvalue weighted by atomic mass is 32.1. The summed E-state index contributed by atoms with van der Waals surface area (Å²) in [7, 11) is 1.29. The normalized spacial score (nSPS) is 18.5. The lowest BCUT2D eigenvalue weighted by Gasteiger charge is -2.11. The van der Waals surface area contributed by atoms with Crippen molar-refractivity contribution in [3.8, 4) is 0 Å². The van der Waals surface area contributed by atoms with Crippen molar-refractivity contribution in [2.45, 2.75) is 18.9 Å². The minimum atomic E-state index is -0.515. The number of carbonyl (C=O) groups is 2. The molecule has 2 rings (SSSR count). The van der Waals surface area contributed by atoms with Crippen LogP contribution < -0.4 is 16.4 Å².